The summed E-state index contributed by atoms with van der Waals surface area (Å²) < 4.78 is 67.5. The van der Waals surface area contributed by atoms with E-state index in [1.807, 2.05) is 6.92 Å². The van der Waals surface area contributed by atoms with E-state index in [9.17, 15) is 31.2 Å². The quantitative estimate of drug-likeness (QED) is 0.279. The number of halogens is 3. The summed E-state index contributed by atoms with van der Waals surface area (Å²) in [6.45, 7) is 6.40. The van der Waals surface area contributed by atoms with Gasteiger partial charge in [0.15, 0.2) is 0 Å². The highest BCUT2D eigenvalue weighted by molar-refractivity contribution is 7.89. The Kier molecular flexibility index (Phi) is 9.55. The molecule has 2 heterocycles. The van der Waals surface area contributed by atoms with E-state index in [-0.39, 0.29) is 11.3 Å². The molecule has 0 bridgehead atoms. The van der Waals surface area contributed by atoms with Crippen LogP contribution in [-0.2, 0) is 25.8 Å². The molecule has 42 heavy (non-hydrogen) atoms. The third-order valence-corrected chi connectivity index (χ3v) is 9.68. The van der Waals surface area contributed by atoms with Crippen LogP contribution in [0.25, 0.3) is 0 Å². The van der Waals surface area contributed by atoms with E-state index in [2.05, 4.69) is 4.90 Å². The molecular weight excluding hydrogens is 569 g/mol. The molecule has 0 N–H and O–H groups in total. The minimum Gasteiger partial charge on any atom is -0.301 e. The highest BCUT2D eigenvalue weighted by Gasteiger charge is 2.39. The molecule has 1 fully saturated rings. The summed E-state index contributed by atoms with van der Waals surface area (Å²) in [6, 6.07) is 11.2. The molecule has 1 saturated heterocycles. The zero-order valence-electron chi connectivity index (χ0n) is 23.6. The van der Waals surface area contributed by atoms with Crippen molar-refractivity contribution in [2.75, 3.05) is 37.6 Å². The zero-order valence-corrected chi connectivity index (χ0v) is 24.4. The van der Waals surface area contributed by atoms with E-state index < -0.39 is 39.1 Å². The van der Waals surface area contributed by atoms with Crippen LogP contribution in [0.4, 0.5) is 18.9 Å². The summed E-state index contributed by atoms with van der Waals surface area (Å²) in [5, 5.41) is 9.01. The monoisotopic (exact) mass is 602 g/mol. The van der Waals surface area contributed by atoms with Crippen molar-refractivity contribution in [2.45, 2.75) is 57.0 Å². The molecule has 0 aromatic heterocycles. The number of anilines is 1. The third-order valence-electron chi connectivity index (χ3n) is 7.77. The molecule has 2 amide bonds. The molecule has 2 aliphatic heterocycles. The number of unbranched alkanes of at least 4 members (excludes halogenated alkanes) is 3. The first-order valence-electron chi connectivity index (χ1n) is 13.8. The SMILES string of the molecule is CC1=C(CCCCCCN2CCN(S(=O)(=O)c3ccc(C)cc3)CC2)C(=O)N(c2ccc(C#N)c(C(F)(F)F)c2)C1=O. The van der Waals surface area contributed by atoms with Crippen LogP contribution < -0.4 is 4.90 Å². The van der Waals surface area contributed by atoms with Crippen LogP contribution in [0.5, 0.6) is 0 Å². The smallest absolute Gasteiger partial charge is 0.301 e. The number of rotatable bonds is 10. The van der Waals surface area contributed by atoms with E-state index in [1.165, 1.54) is 23.4 Å². The van der Waals surface area contributed by atoms with Crippen molar-refractivity contribution in [2.24, 2.45) is 0 Å². The van der Waals surface area contributed by atoms with Gasteiger partial charge in [0.1, 0.15) is 0 Å². The number of hydrogen-bond acceptors (Lipinski definition) is 6. The van der Waals surface area contributed by atoms with Gasteiger partial charge in [-0.25, -0.2) is 13.3 Å². The van der Waals surface area contributed by atoms with Crippen molar-refractivity contribution < 1.29 is 31.2 Å². The van der Waals surface area contributed by atoms with Gasteiger partial charge >= 0.3 is 6.18 Å². The molecule has 2 aliphatic rings. The van der Waals surface area contributed by atoms with Crippen molar-refractivity contribution in [3.8, 4) is 6.07 Å². The average Bonchev–Trinajstić information content (AvgIpc) is 3.17. The van der Waals surface area contributed by atoms with Crippen LogP contribution in [0.15, 0.2) is 58.5 Å². The Hall–Kier alpha value is -3.53. The summed E-state index contributed by atoms with van der Waals surface area (Å²) in [7, 11) is -3.51. The van der Waals surface area contributed by atoms with Crippen LogP contribution >= 0.6 is 0 Å². The maximum Gasteiger partial charge on any atom is 0.417 e. The van der Waals surface area contributed by atoms with E-state index in [4.69, 9.17) is 5.26 Å². The Morgan fingerprint density at radius 3 is 2.14 bits per heavy atom. The van der Waals surface area contributed by atoms with E-state index in [1.54, 1.807) is 24.3 Å². The molecule has 2 aromatic rings. The lowest BCUT2D eigenvalue weighted by atomic mass is 10.0. The summed E-state index contributed by atoms with van der Waals surface area (Å²) in [5.41, 5.74) is -0.465. The molecule has 0 unspecified atom stereocenters. The second-order valence-electron chi connectivity index (χ2n) is 10.6. The normalized spacial score (nSPS) is 17.3. The molecule has 0 radical (unpaired) electrons. The summed E-state index contributed by atoms with van der Waals surface area (Å²) in [5.74, 6) is -1.29. The van der Waals surface area contributed by atoms with Crippen molar-refractivity contribution in [1.29, 1.82) is 5.26 Å². The Balaban J connectivity index is 1.22. The fourth-order valence-corrected chi connectivity index (χ4v) is 6.68. The number of imide groups is 1. The number of aryl methyl sites for hydroxylation is 1. The number of hydrogen-bond donors (Lipinski definition) is 0. The highest BCUT2D eigenvalue weighted by Crippen LogP contribution is 2.37. The lowest BCUT2D eigenvalue weighted by molar-refractivity contribution is -0.138. The zero-order chi connectivity index (χ0) is 30.7. The minimum atomic E-state index is -4.80. The Morgan fingerprint density at radius 1 is 0.881 bits per heavy atom. The second kappa shape index (κ2) is 12.8. The van der Waals surface area contributed by atoms with Crippen molar-refractivity contribution >= 4 is 27.5 Å². The number of alkyl halides is 3. The summed E-state index contributed by atoms with van der Waals surface area (Å²) >= 11 is 0. The van der Waals surface area contributed by atoms with Gasteiger partial charge in [0.05, 0.1) is 27.8 Å². The van der Waals surface area contributed by atoms with Crippen LogP contribution in [0.3, 0.4) is 0 Å². The number of piperazine rings is 1. The molecule has 0 spiro atoms. The first kappa shape index (κ1) is 31.4. The Bertz CT molecular complexity index is 1520. The van der Waals surface area contributed by atoms with Gasteiger partial charge in [-0.3, -0.25) is 9.59 Å². The molecular formula is C30H33F3N4O4S. The second-order valence-corrected chi connectivity index (χ2v) is 12.5. The molecule has 0 aliphatic carbocycles. The van der Waals surface area contributed by atoms with Crippen LogP contribution in [0.2, 0.25) is 0 Å². The predicted octanol–water partition coefficient (Wildman–Crippen LogP) is 5.03. The standard InChI is InChI=1S/C30H33F3N4O4S/c1-21-8-12-25(13-9-21)42(40,41)36-17-15-35(16-18-36)14-6-4-3-5-7-26-22(2)28(38)37(29(26)39)24-11-10-23(20-34)27(19-24)30(31,32)33/h8-13,19H,3-7,14-18H2,1-2H3. The Morgan fingerprint density at radius 2 is 1.52 bits per heavy atom. The van der Waals surface area contributed by atoms with Gasteiger partial charge in [0, 0.05) is 37.3 Å². The summed E-state index contributed by atoms with van der Waals surface area (Å²) in [4.78, 5) is 29.1. The molecule has 8 nitrogen and oxygen atoms in total. The molecule has 12 heteroatoms. The molecule has 224 valence electrons. The van der Waals surface area contributed by atoms with Gasteiger partial charge in [-0.05, 0) is 70.0 Å². The summed E-state index contributed by atoms with van der Waals surface area (Å²) in [6.07, 6.45) is -1.24. The maximum absolute atomic E-state index is 13.4. The maximum atomic E-state index is 13.4. The fourth-order valence-electron chi connectivity index (χ4n) is 5.26. The number of amides is 2. The van der Waals surface area contributed by atoms with Gasteiger partial charge in [0.2, 0.25) is 10.0 Å². The first-order chi connectivity index (χ1) is 19.8. The van der Waals surface area contributed by atoms with Gasteiger partial charge in [-0.1, -0.05) is 30.5 Å². The van der Waals surface area contributed by atoms with Gasteiger partial charge in [-0.15, -0.1) is 0 Å². The van der Waals surface area contributed by atoms with Crippen LogP contribution in [0, 0.1) is 18.3 Å². The highest BCUT2D eigenvalue weighted by atomic mass is 32.2. The molecule has 0 saturated carbocycles. The lowest BCUT2D eigenvalue weighted by Gasteiger charge is -2.34. The van der Waals surface area contributed by atoms with Crippen molar-refractivity contribution in [3.05, 3.63) is 70.3 Å². The first-order valence-corrected chi connectivity index (χ1v) is 15.3. The minimum absolute atomic E-state index is 0.211. The number of nitrogens with zero attached hydrogens (tertiary/aromatic N) is 4. The Labute approximate surface area is 244 Å². The number of sulfonamides is 1. The van der Waals surface area contributed by atoms with Gasteiger partial charge in [-0.2, -0.15) is 22.7 Å². The number of benzene rings is 2. The lowest BCUT2D eigenvalue weighted by Crippen LogP contribution is -2.48. The van der Waals surface area contributed by atoms with Crippen LogP contribution in [-0.4, -0.2) is 62.2 Å². The largest absolute Gasteiger partial charge is 0.417 e. The third kappa shape index (κ3) is 6.75. The molecule has 2 aromatic carbocycles. The topological polar surface area (TPSA) is 102 Å². The number of nitriles is 1. The van der Waals surface area contributed by atoms with Gasteiger partial charge < -0.3 is 4.90 Å². The predicted molar refractivity (Wildman–Crippen MR) is 151 cm³/mol. The number of carbonyl (C=O) groups is 2. The van der Waals surface area contributed by atoms with Crippen molar-refractivity contribution in [1.82, 2.24) is 9.21 Å². The molecule has 4 rings (SSSR count). The average molecular weight is 603 g/mol. The molecule has 0 atom stereocenters. The number of carbonyl (C=O) groups excluding carboxylic acids is 2. The van der Waals surface area contributed by atoms with Gasteiger partial charge in [0.25, 0.3) is 11.8 Å². The van der Waals surface area contributed by atoms with E-state index >= 15 is 0 Å². The fraction of sp³-hybridized carbons (Fsp3) is 0.433. The van der Waals surface area contributed by atoms with E-state index in [0.717, 1.165) is 42.3 Å². The van der Waals surface area contributed by atoms with Crippen molar-refractivity contribution in [3.63, 3.8) is 0 Å². The van der Waals surface area contributed by atoms with E-state index in [0.29, 0.717) is 55.6 Å². The van der Waals surface area contributed by atoms with Crippen LogP contribution in [0.1, 0.15) is 55.7 Å².